The van der Waals surface area contributed by atoms with Gasteiger partial charge in [0.1, 0.15) is 5.02 Å². The fraction of sp³-hybridized carbons (Fsp3) is 0.375. The Bertz CT molecular complexity index is 755. The van der Waals surface area contributed by atoms with E-state index in [1.807, 2.05) is 52.0 Å². The number of benzene rings is 1. The molecule has 0 atom stereocenters. The Morgan fingerprint density at radius 1 is 1.08 bits per heavy atom. The van der Waals surface area contributed by atoms with Crippen LogP contribution in [0.5, 0.6) is 0 Å². The van der Waals surface area contributed by atoms with E-state index >= 15 is 0 Å². The molecular weight excluding hydrogens is 348 g/mol. The Morgan fingerprint density at radius 3 is 2.42 bits per heavy atom. The second-order valence-corrected chi connectivity index (χ2v) is 7.42. The predicted octanol–water partition coefficient (Wildman–Crippen LogP) is 3.83. The van der Waals surface area contributed by atoms with Crippen molar-refractivity contribution in [2.45, 2.75) is 38.9 Å². The smallest absolute Gasteiger partial charge is 0.399 e. The van der Waals surface area contributed by atoms with E-state index in [-0.39, 0.29) is 16.5 Å². The minimum Gasteiger partial charge on any atom is -0.399 e. The third-order valence-corrected chi connectivity index (χ3v) is 4.85. The Kier molecular flexibility index (Phi) is 4.51. The number of hydrogen-bond acceptors (Lipinski definition) is 5. The molecule has 1 aromatic carbocycles. The average molecular weight is 366 g/mol. The summed E-state index contributed by atoms with van der Waals surface area (Å²) in [6.07, 6.45) is 1.46. The van der Waals surface area contributed by atoms with Crippen LogP contribution in [-0.4, -0.2) is 28.3 Å². The van der Waals surface area contributed by atoms with E-state index in [1.54, 1.807) is 0 Å². The first-order valence-corrected chi connectivity index (χ1v) is 8.34. The average Bonchev–Trinajstić information content (AvgIpc) is 2.72. The summed E-state index contributed by atoms with van der Waals surface area (Å²) in [6, 6.07) is 7.72. The van der Waals surface area contributed by atoms with Crippen LogP contribution in [0.15, 0.2) is 30.5 Å². The Hall–Kier alpha value is -1.34. The fourth-order valence-corrected chi connectivity index (χ4v) is 2.58. The van der Waals surface area contributed by atoms with Crippen molar-refractivity contribution in [3.63, 3.8) is 0 Å². The zero-order valence-electron chi connectivity index (χ0n) is 13.9. The van der Waals surface area contributed by atoms with Gasteiger partial charge in [-0.2, -0.15) is 4.98 Å². The van der Waals surface area contributed by atoms with Gasteiger partial charge in [-0.3, -0.25) is 0 Å². The normalized spacial score (nSPS) is 18.7. The summed E-state index contributed by atoms with van der Waals surface area (Å²) in [5.74, 6) is 0.447. The lowest BCUT2D eigenvalue weighted by molar-refractivity contribution is 0.00578. The minimum atomic E-state index is -0.429. The highest BCUT2D eigenvalue weighted by Gasteiger charge is 2.51. The van der Waals surface area contributed by atoms with Crippen LogP contribution in [0.25, 0.3) is 0 Å². The first-order valence-electron chi connectivity index (χ1n) is 7.59. The van der Waals surface area contributed by atoms with E-state index in [0.29, 0.717) is 10.8 Å². The third kappa shape index (κ3) is 3.37. The van der Waals surface area contributed by atoms with E-state index in [1.165, 1.54) is 6.20 Å². The number of hydrogen-bond donors (Lipinski definition) is 1. The van der Waals surface area contributed by atoms with E-state index in [4.69, 9.17) is 32.5 Å². The molecule has 1 aromatic heterocycles. The SMILES string of the molecule is CC1(C)OB(c2cccc(Nc3nc(Cl)ncc3Cl)c2)OC1(C)C. The molecule has 0 saturated carbocycles. The van der Waals surface area contributed by atoms with Gasteiger partial charge in [0.25, 0.3) is 0 Å². The van der Waals surface area contributed by atoms with Crippen LogP contribution in [0.3, 0.4) is 0 Å². The van der Waals surface area contributed by atoms with Crippen LogP contribution in [0.4, 0.5) is 11.5 Å². The van der Waals surface area contributed by atoms with E-state index < -0.39 is 7.12 Å². The lowest BCUT2D eigenvalue weighted by atomic mass is 9.79. The van der Waals surface area contributed by atoms with Gasteiger partial charge in [0.05, 0.1) is 17.4 Å². The monoisotopic (exact) mass is 365 g/mol. The second-order valence-electron chi connectivity index (χ2n) is 6.67. The highest BCUT2D eigenvalue weighted by atomic mass is 35.5. The third-order valence-electron chi connectivity index (χ3n) is 4.39. The molecule has 1 saturated heterocycles. The van der Waals surface area contributed by atoms with E-state index in [0.717, 1.165) is 11.2 Å². The molecule has 8 heteroatoms. The van der Waals surface area contributed by atoms with E-state index in [9.17, 15) is 0 Å². The van der Waals surface area contributed by atoms with Gasteiger partial charge < -0.3 is 14.6 Å². The largest absolute Gasteiger partial charge is 0.494 e. The van der Waals surface area contributed by atoms with Gasteiger partial charge in [0.2, 0.25) is 5.28 Å². The standard InChI is InChI=1S/C16H18BCl2N3O2/c1-15(2)16(3,4)24-17(23-15)10-6-5-7-11(8-10)21-13-12(18)9-20-14(19)22-13/h5-9H,1-4H3,(H,20,21,22). The quantitative estimate of drug-likeness (QED) is 0.661. The van der Waals surface area contributed by atoms with Crippen molar-refractivity contribution in [1.82, 2.24) is 9.97 Å². The summed E-state index contributed by atoms with van der Waals surface area (Å²) in [7, 11) is -0.429. The summed E-state index contributed by atoms with van der Waals surface area (Å²) in [5.41, 5.74) is 0.948. The van der Waals surface area contributed by atoms with Crippen molar-refractivity contribution in [3.8, 4) is 0 Å². The molecule has 1 aliphatic heterocycles. The molecule has 2 aromatic rings. The minimum absolute atomic E-state index is 0.129. The van der Waals surface area contributed by atoms with Crippen molar-refractivity contribution in [3.05, 3.63) is 40.8 Å². The topological polar surface area (TPSA) is 56.3 Å². The highest BCUT2D eigenvalue weighted by molar-refractivity contribution is 6.62. The molecule has 0 bridgehead atoms. The molecule has 2 heterocycles. The van der Waals surface area contributed by atoms with Gasteiger partial charge in [0, 0.05) is 5.69 Å². The van der Waals surface area contributed by atoms with Gasteiger partial charge in [-0.05, 0) is 56.9 Å². The molecule has 1 N–H and O–H groups in total. The van der Waals surface area contributed by atoms with Crippen molar-refractivity contribution in [2.24, 2.45) is 0 Å². The molecule has 24 heavy (non-hydrogen) atoms. The molecule has 1 fully saturated rings. The maximum Gasteiger partial charge on any atom is 0.494 e. The van der Waals surface area contributed by atoms with Crippen LogP contribution in [0.1, 0.15) is 27.7 Å². The number of halogens is 2. The lowest BCUT2D eigenvalue weighted by Crippen LogP contribution is -2.41. The second kappa shape index (κ2) is 6.19. The molecule has 3 rings (SSSR count). The summed E-state index contributed by atoms with van der Waals surface area (Å²) >= 11 is 11.9. The summed E-state index contributed by atoms with van der Waals surface area (Å²) in [6.45, 7) is 8.10. The maximum atomic E-state index is 6.09. The Morgan fingerprint density at radius 2 is 1.75 bits per heavy atom. The number of nitrogens with one attached hydrogen (secondary N) is 1. The number of rotatable bonds is 3. The molecule has 0 amide bonds. The number of anilines is 2. The number of nitrogens with zero attached hydrogens (tertiary/aromatic N) is 2. The molecule has 0 aliphatic carbocycles. The van der Waals surface area contributed by atoms with Crippen LogP contribution in [-0.2, 0) is 9.31 Å². The summed E-state index contributed by atoms with van der Waals surface area (Å²) in [4.78, 5) is 7.93. The summed E-state index contributed by atoms with van der Waals surface area (Å²) in [5, 5.41) is 3.66. The van der Waals surface area contributed by atoms with Gasteiger partial charge in [-0.15, -0.1) is 0 Å². The molecule has 0 spiro atoms. The van der Waals surface area contributed by atoms with Crippen LogP contribution in [0, 0.1) is 0 Å². The molecule has 0 radical (unpaired) electrons. The van der Waals surface area contributed by atoms with Gasteiger partial charge in [0.15, 0.2) is 5.82 Å². The van der Waals surface area contributed by atoms with Crippen molar-refractivity contribution < 1.29 is 9.31 Å². The molecule has 5 nitrogen and oxygen atoms in total. The first-order chi connectivity index (χ1) is 11.2. The van der Waals surface area contributed by atoms with E-state index in [2.05, 4.69) is 15.3 Å². The van der Waals surface area contributed by atoms with Crippen molar-refractivity contribution >= 4 is 47.3 Å². The lowest BCUT2D eigenvalue weighted by Gasteiger charge is -2.32. The van der Waals surface area contributed by atoms with Gasteiger partial charge in [-0.25, -0.2) is 4.98 Å². The molecular formula is C16H18BCl2N3O2. The first kappa shape index (κ1) is 17.5. The molecule has 0 unspecified atom stereocenters. The van der Waals surface area contributed by atoms with Crippen LogP contribution in [0.2, 0.25) is 10.3 Å². The van der Waals surface area contributed by atoms with Gasteiger partial charge in [-0.1, -0.05) is 23.7 Å². The highest BCUT2D eigenvalue weighted by Crippen LogP contribution is 2.36. The molecule has 126 valence electrons. The van der Waals surface area contributed by atoms with Crippen molar-refractivity contribution in [1.29, 1.82) is 0 Å². The van der Waals surface area contributed by atoms with Crippen LogP contribution >= 0.6 is 23.2 Å². The predicted molar refractivity (Wildman–Crippen MR) is 97.5 cm³/mol. The fourth-order valence-electron chi connectivity index (χ4n) is 2.31. The van der Waals surface area contributed by atoms with Crippen LogP contribution < -0.4 is 10.8 Å². The summed E-state index contributed by atoms with van der Waals surface area (Å²) < 4.78 is 12.2. The Labute approximate surface area is 151 Å². The van der Waals surface area contributed by atoms with Crippen molar-refractivity contribution in [2.75, 3.05) is 5.32 Å². The van der Waals surface area contributed by atoms with Gasteiger partial charge >= 0.3 is 7.12 Å². The zero-order chi connectivity index (χ0) is 17.5. The maximum absolute atomic E-state index is 6.09. The zero-order valence-corrected chi connectivity index (χ0v) is 15.4. The number of aromatic nitrogens is 2. The Balaban J connectivity index is 1.84. The molecule has 1 aliphatic rings.